The number of rotatable bonds is 7. The summed E-state index contributed by atoms with van der Waals surface area (Å²) in [5, 5.41) is 3.70. The number of nitrogens with zero attached hydrogens (tertiary/aromatic N) is 3. The molecular formula is C23H25ClN4O3. The summed E-state index contributed by atoms with van der Waals surface area (Å²) in [5.41, 5.74) is 2.57. The van der Waals surface area contributed by atoms with Gasteiger partial charge in [0, 0.05) is 31.6 Å². The fourth-order valence-electron chi connectivity index (χ4n) is 3.66. The topological polar surface area (TPSA) is 84.4 Å². The largest absolute Gasteiger partial charge is 0.482 e. The normalized spacial score (nSPS) is 15.9. The van der Waals surface area contributed by atoms with Gasteiger partial charge in [-0.2, -0.15) is 4.98 Å². The first kappa shape index (κ1) is 21.3. The van der Waals surface area contributed by atoms with Crippen LogP contribution < -0.4 is 10.2 Å². The molecule has 0 saturated carbocycles. The summed E-state index contributed by atoms with van der Waals surface area (Å²) < 4.78 is 5.46. The molecule has 1 aliphatic heterocycles. The van der Waals surface area contributed by atoms with Crippen molar-refractivity contribution in [2.45, 2.75) is 39.0 Å². The molecule has 0 bridgehead atoms. The molecular weight excluding hydrogens is 416 g/mol. The Morgan fingerprint density at radius 3 is 2.84 bits per heavy atom. The number of ketones is 2. The highest BCUT2D eigenvalue weighted by Crippen LogP contribution is 2.29. The molecule has 31 heavy (non-hydrogen) atoms. The first-order chi connectivity index (χ1) is 15.0. The maximum Gasteiger partial charge on any atom is 0.227 e. The van der Waals surface area contributed by atoms with E-state index in [1.165, 1.54) is 6.42 Å². The lowest BCUT2D eigenvalue weighted by molar-refractivity contribution is -0.124. The smallest absolute Gasteiger partial charge is 0.227 e. The lowest BCUT2D eigenvalue weighted by atomic mass is 9.95. The van der Waals surface area contributed by atoms with E-state index in [9.17, 15) is 9.59 Å². The number of hydrogen-bond acceptors (Lipinski definition) is 7. The molecule has 0 amide bonds. The molecule has 1 N–H and O–H groups in total. The van der Waals surface area contributed by atoms with Crippen molar-refractivity contribution in [2.24, 2.45) is 0 Å². The summed E-state index contributed by atoms with van der Waals surface area (Å²) >= 11 is 6.34. The second-order valence-electron chi connectivity index (χ2n) is 7.74. The summed E-state index contributed by atoms with van der Waals surface area (Å²) in [6.07, 6.45) is 7.45. The van der Waals surface area contributed by atoms with Crippen LogP contribution in [0, 0.1) is 0 Å². The van der Waals surface area contributed by atoms with Crippen molar-refractivity contribution in [3.8, 4) is 0 Å². The van der Waals surface area contributed by atoms with E-state index < -0.39 is 0 Å². The SMILES string of the molecule is CCC(=O)COC1=Cc2cc(Nc3nc(N4CCCCC4)ncc3Cl)ccc2CC1=O. The zero-order chi connectivity index (χ0) is 21.8. The van der Waals surface area contributed by atoms with Crippen LogP contribution in [0.4, 0.5) is 17.5 Å². The molecule has 2 heterocycles. The molecule has 7 nitrogen and oxygen atoms in total. The Hall–Kier alpha value is -2.93. The van der Waals surface area contributed by atoms with E-state index in [4.69, 9.17) is 16.3 Å². The number of halogens is 1. The van der Waals surface area contributed by atoms with Gasteiger partial charge in [0.25, 0.3) is 0 Å². The zero-order valence-electron chi connectivity index (χ0n) is 17.5. The van der Waals surface area contributed by atoms with Gasteiger partial charge in [-0.05, 0) is 48.6 Å². The number of nitrogens with one attached hydrogen (secondary N) is 1. The Morgan fingerprint density at radius 2 is 2.06 bits per heavy atom. The Labute approximate surface area is 186 Å². The quantitative estimate of drug-likeness (QED) is 0.686. The summed E-state index contributed by atoms with van der Waals surface area (Å²) in [4.78, 5) is 35.0. The number of Topliss-reactive ketones (excluding diaryl/α,β-unsaturated/α-hetero) is 2. The van der Waals surface area contributed by atoms with E-state index in [1.807, 2.05) is 18.2 Å². The van der Waals surface area contributed by atoms with Crippen LogP contribution in [0.5, 0.6) is 0 Å². The molecule has 8 heteroatoms. The van der Waals surface area contributed by atoms with E-state index in [0.717, 1.165) is 42.7 Å². The molecule has 0 atom stereocenters. The number of anilines is 3. The van der Waals surface area contributed by atoms with Crippen LogP contribution in [-0.4, -0.2) is 41.2 Å². The molecule has 0 radical (unpaired) electrons. The minimum absolute atomic E-state index is 0.0437. The number of carbonyl (C=O) groups is 2. The van der Waals surface area contributed by atoms with Crippen LogP contribution in [0.15, 0.2) is 30.2 Å². The summed E-state index contributed by atoms with van der Waals surface area (Å²) in [7, 11) is 0. The molecule has 2 aromatic rings. The fourth-order valence-corrected chi connectivity index (χ4v) is 3.80. The minimum atomic E-state index is -0.123. The predicted octanol–water partition coefficient (Wildman–Crippen LogP) is 4.33. The highest BCUT2D eigenvalue weighted by Gasteiger charge is 2.21. The van der Waals surface area contributed by atoms with Gasteiger partial charge in [0.05, 0.1) is 6.20 Å². The molecule has 1 aliphatic carbocycles. The Balaban J connectivity index is 1.54. The van der Waals surface area contributed by atoms with Gasteiger partial charge in [-0.1, -0.05) is 24.6 Å². The average Bonchev–Trinajstić information content (AvgIpc) is 2.79. The third-order valence-electron chi connectivity index (χ3n) is 5.47. The van der Waals surface area contributed by atoms with Crippen molar-refractivity contribution >= 4 is 46.7 Å². The van der Waals surface area contributed by atoms with Gasteiger partial charge >= 0.3 is 0 Å². The molecule has 4 rings (SSSR count). The van der Waals surface area contributed by atoms with Crippen molar-refractivity contribution in [3.05, 3.63) is 46.3 Å². The molecule has 0 spiro atoms. The van der Waals surface area contributed by atoms with Gasteiger partial charge in [0.15, 0.2) is 17.4 Å². The Kier molecular flexibility index (Phi) is 6.51. The third-order valence-corrected chi connectivity index (χ3v) is 5.75. The van der Waals surface area contributed by atoms with Crippen molar-refractivity contribution < 1.29 is 14.3 Å². The number of carbonyl (C=O) groups excluding carboxylic acids is 2. The van der Waals surface area contributed by atoms with E-state index >= 15 is 0 Å². The highest BCUT2D eigenvalue weighted by molar-refractivity contribution is 6.32. The Bertz CT molecular complexity index is 1030. The molecule has 162 valence electrons. The first-order valence-corrected chi connectivity index (χ1v) is 11.0. The number of piperidine rings is 1. The average molecular weight is 441 g/mol. The van der Waals surface area contributed by atoms with E-state index in [-0.39, 0.29) is 30.4 Å². The van der Waals surface area contributed by atoms with Crippen molar-refractivity contribution in [2.75, 3.05) is 29.9 Å². The van der Waals surface area contributed by atoms with Gasteiger partial charge in [-0.15, -0.1) is 0 Å². The zero-order valence-corrected chi connectivity index (χ0v) is 18.2. The second-order valence-corrected chi connectivity index (χ2v) is 8.15. The molecule has 2 aliphatic rings. The number of fused-ring (bicyclic) bond motifs is 1. The number of ether oxygens (including phenoxy) is 1. The van der Waals surface area contributed by atoms with Crippen LogP contribution in [0.2, 0.25) is 5.02 Å². The first-order valence-electron chi connectivity index (χ1n) is 10.6. The minimum Gasteiger partial charge on any atom is -0.482 e. The van der Waals surface area contributed by atoms with E-state index in [2.05, 4.69) is 20.2 Å². The summed E-state index contributed by atoms with van der Waals surface area (Å²) in [6, 6.07) is 5.72. The van der Waals surface area contributed by atoms with Crippen LogP contribution in [-0.2, 0) is 20.7 Å². The van der Waals surface area contributed by atoms with Crippen molar-refractivity contribution in [3.63, 3.8) is 0 Å². The summed E-state index contributed by atoms with van der Waals surface area (Å²) in [5.74, 6) is 1.27. The number of hydrogen-bond donors (Lipinski definition) is 1. The standard InChI is InChI=1S/C23H25ClN4O3/c1-2-18(29)14-31-21-12-16-10-17(7-6-15(16)11-20(21)30)26-22-19(24)13-25-23(27-22)28-8-4-3-5-9-28/h6-7,10,12-13H,2-5,8-9,11,14H2,1H3,(H,25,26,27). The van der Waals surface area contributed by atoms with Gasteiger partial charge in [0.1, 0.15) is 11.6 Å². The lowest BCUT2D eigenvalue weighted by Crippen LogP contribution is -2.31. The summed E-state index contributed by atoms with van der Waals surface area (Å²) in [6.45, 7) is 3.58. The van der Waals surface area contributed by atoms with Crippen LogP contribution in [0.1, 0.15) is 43.7 Å². The maximum atomic E-state index is 12.3. The van der Waals surface area contributed by atoms with E-state index in [1.54, 1.807) is 19.2 Å². The monoisotopic (exact) mass is 440 g/mol. The van der Waals surface area contributed by atoms with Crippen LogP contribution >= 0.6 is 11.6 Å². The molecule has 1 aromatic carbocycles. The Morgan fingerprint density at radius 1 is 1.26 bits per heavy atom. The number of allylic oxidation sites excluding steroid dienone is 1. The van der Waals surface area contributed by atoms with Gasteiger partial charge < -0.3 is 15.0 Å². The van der Waals surface area contributed by atoms with Crippen molar-refractivity contribution in [1.82, 2.24) is 9.97 Å². The predicted molar refractivity (Wildman–Crippen MR) is 121 cm³/mol. The maximum absolute atomic E-state index is 12.3. The highest BCUT2D eigenvalue weighted by atomic mass is 35.5. The molecule has 0 unspecified atom stereocenters. The van der Waals surface area contributed by atoms with E-state index in [0.29, 0.717) is 23.2 Å². The molecule has 1 saturated heterocycles. The molecule has 1 aromatic heterocycles. The van der Waals surface area contributed by atoms with Gasteiger partial charge in [-0.25, -0.2) is 4.98 Å². The van der Waals surface area contributed by atoms with Gasteiger partial charge in [-0.3, -0.25) is 9.59 Å². The third kappa shape index (κ3) is 5.05. The second kappa shape index (κ2) is 9.47. The molecule has 1 fully saturated rings. The lowest BCUT2D eigenvalue weighted by Gasteiger charge is -2.27. The van der Waals surface area contributed by atoms with Gasteiger partial charge in [0.2, 0.25) is 11.7 Å². The van der Waals surface area contributed by atoms with Crippen LogP contribution in [0.25, 0.3) is 6.08 Å². The van der Waals surface area contributed by atoms with Crippen molar-refractivity contribution in [1.29, 1.82) is 0 Å². The van der Waals surface area contributed by atoms with Crippen LogP contribution in [0.3, 0.4) is 0 Å². The number of benzene rings is 1. The number of aromatic nitrogens is 2. The fraction of sp³-hybridized carbons (Fsp3) is 0.391.